The molecule has 1 heterocycles. The van der Waals surface area contributed by atoms with Crippen molar-refractivity contribution in [2.24, 2.45) is 0 Å². The molecule has 0 bridgehead atoms. The molecule has 112 valence electrons. The van der Waals surface area contributed by atoms with E-state index in [1.807, 2.05) is 11.3 Å². The highest BCUT2D eigenvalue weighted by atomic mass is 32.1. The highest BCUT2D eigenvalue weighted by Crippen LogP contribution is 2.23. The van der Waals surface area contributed by atoms with Crippen LogP contribution >= 0.6 is 11.3 Å². The highest BCUT2D eigenvalue weighted by molar-refractivity contribution is 7.09. The predicted molar refractivity (Wildman–Crippen MR) is 91.9 cm³/mol. The molecule has 1 aliphatic carbocycles. The van der Waals surface area contributed by atoms with E-state index in [2.05, 4.69) is 65.8 Å². The summed E-state index contributed by atoms with van der Waals surface area (Å²) in [7, 11) is 0. The summed E-state index contributed by atoms with van der Waals surface area (Å²) in [5.74, 6) is 0. The van der Waals surface area contributed by atoms with Crippen LogP contribution in [0.2, 0.25) is 0 Å². The summed E-state index contributed by atoms with van der Waals surface area (Å²) in [5.41, 5.74) is 2.69. The molecule has 0 spiro atoms. The standard InChI is InChI=1S/C18H24N2S/c1-14(2)20(13-18-4-3-11-21-18)17-9-5-15(6-10-17)12-19-16-7-8-16/h3-6,9-11,14,16,19H,7-8,12-13H2,1-2H3. The lowest BCUT2D eigenvalue weighted by molar-refractivity contribution is 0.681. The zero-order valence-corrected chi connectivity index (χ0v) is 13.7. The number of hydrogen-bond acceptors (Lipinski definition) is 3. The minimum atomic E-state index is 0.502. The van der Waals surface area contributed by atoms with Crippen molar-refractivity contribution in [2.75, 3.05) is 4.90 Å². The van der Waals surface area contributed by atoms with Crippen molar-refractivity contribution in [1.29, 1.82) is 0 Å². The Morgan fingerprint density at radius 3 is 2.52 bits per heavy atom. The maximum absolute atomic E-state index is 3.57. The van der Waals surface area contributed by atoms with Gasteiger partial charge in [0.25, 0.3) is 0 Å². The van der Waals surface area contributed by atoms with Crippen LogP contribution in [0.4, 0.5) is 5.69 Å². The third-order valence-corrected chi connectivity index (χ3v) is 4.83. The molecule has 0 aliphatic heterocycles. The van der Waals surface area contributed by atoms with Gasteiger partial charge >= 0.3 is 0 Å². The van der Waals surface area contributed by atoms with E-state index >= 15 is 0 Å². The quantitative estimate of drug-likeness (QED) is 0.814. The van der Waals surface area contributed by atoms with Crippen LogP contribution in [0.1, 0.15) is 37.1 Å². The Kier molecular flexibility index (Phi) is 4.61. The Morgan fingerprint density at radius 1 is 1.19 bits per heavy atom. The summed E-state index contributed by atoms with van der Waals surface area (Å²) in [6, 6.07) is 14.7. The number of hydrogen-bond donors (Lipinski definition) is 1. The summed E-state index contributed by atoms with van der Waals surface area (Å²) in [5, 5.41) is 5.72. The Morgan fingerprint density at radius 2 is 1.95 bits per heavy atom. The lowest BCUT2D eigenvalue weighted by atomic mass is 10.1. The molecular weight excluding hydrogens is 276 g/mol. The predicted octanol–water partition coefficient (Wildman–Crippen LogP) is 4.42. The van der Waals surface area contributed by atoms with Crippen molar-refractivity contribution in [2.45, 2.75) is 51.9 Å². The van der Waals surface area contributed by atoms with Crippen LogP contribution in [0.25, 0.3) is 0 Å². The lowest BCUT2D eigenvalue weighted by Gasteiger charge is -2.28. The molecule has 1 aromatic heterocycles. The summed E-state index contributed by atoms with van der Waals surface area (Å²) >= 11 is 1.83. The average molecular weight is 300 g/mol. The summed E-state index contributed by atoms with van der Waals surface area (Å²) in [4.78, 5) is 3.88. The van der Waals surface area contributed by atoms with Crippen LogP contribution in [0.15, 0.2) is 41.8 Å². The normalized spacial score (nSPS) is 14.6. The van der Waals surface area contributed by atoms with Crippen LogP contribution in [0.3, 0.4) is 0 Å². The minimum absolute atomic E-state index is 0.502. The molecule has 1 saturated carbocycles. The third-order valence-electron chi connectivity index (χ3n) is 3.97. The van der Waals surface area contributed by atoms with Gasteiger partial charge in [0.2, 0.25) is 0 Å². The van der Waals surface area contributed by atoms with Gasteiger partial charge in [-0.2, -0.15) is 0 Å². The third kappa shape index (κ3) is 4.08. The van der Waals surface area contributed by atoms with E-state index in [9.17, 15) is 0 Å². The van der Waals surface area contributed by atoms with Gasteiger partial charge in [0, 0.05) is 29.2 Å². The van der Waals surface area contributed by atoms with E-state index in [1.54, 1.807) is 0 Å². The van der Waals surface area contributed by atoms with Crippen molar-refractivity contribution in [1.82, 2.24) is 5.32 Å². The number of nitrogens with one attached hydrogen (secondary N) is 1. The van der Waals surface area contributed by atoms with E-state index in [1.165, 1.54) is 29.0 Å². The van der Waals surface area contributed by atoms with E-state index in [0.717, 1.165) is 19.1 Å². The van der Waals surface area contributed by atoms with Gasteiger partial charge in [-0.3, -0.25) is 0 Å². The van der Waals surface area contributed by atoms with Gasteiger partial charge in [-0.25, -0.2) is 0 Å². The van der Waals surface area contributed by atoms with Crippen molar-refractivity contribution in [3.8, 4) is 0 Å². The van der Waals surface area contributed by atoms with Gasteiger partial charge in [0.05, 0.1) is 6.54 Å². The number of rotatable bonds is 7. The number of nitrogens with zero attached hydrogens (tertiary/aromatic N) is 1. The van der Waals surface area contributed by atoms with Gasteiger partial charge in [-0.15, -0.1) is 11.3 Å². The van der Waals surface area contributed by atoms with Crippen LogP contribution < -0.4 is 10.2 Å². The summed E-state index contributed by atoms with van der Waals surface area (Å²) in [6.45, 7) is 6.51. The first-order chi connectivity index (χ1) is 10.2. The maximum Gasteiger partial charge on any atom is 0.0525 e. The molecule has 1 aromatic carbocycles. The molecule has 3 rings (SSSR count). The Balaban J connectivity index is 1.66. The molecule has 2 nitrogen and oxygen atoms in total. The van der Waals surface area contributed by atoms with E-state index < -0.39 is 0 Å². The number of thiophene rings is 1. The van der Waals surface area contributed by atoms with Gasteiger partial charge in [0.1, 0.15) is 0 Å². The molecular formula is C18H24N2S. The Bertz CT molecular complexity index is 541. The molecule has 0 atom stereocenters. The Hall–Kier alpha value is -1.32. The molecule has 1 fully saturated rings. The first kappa shape index (κ1) is 14.6. The van der Waals surface area contributed by atoms with Crippen molar-refractivity contribution < 1.29 is 0 Å². The smallest absolute Gasteiger partial charge is 0.0525 e. The van der Waals surface area contributed by atoms with Gasteiger partial charge in [-0.1, -0.05) is 18.2 Å². The van der Waals surface area contributed by atoms with Gasteiger partial charge in [-0.05, 0) is 55.8 Å². The fraction of sp³-hybridized carbons (Fsp3) is 0.444. The lowest BCUT2D eigenvalue weighted by Crippen LogP contribution is -2.29. The van der Waals surface area contributed by atoms with E-state index in [-0.39, 0.29) is 0 Å². The average Bonchev–Trinajstić information content (AvgIpc) is 3.17. The summed E-state index contributed by atoms with van der Waals surface area (Å²) in [6.07, 6.45) is 2.69. The van der Waals surface area contributed by atoms with E-state index in [4.69, 9.17) is 0 Å². The van der Waals surface area contributed by atoms with Crippen LogP contribution in [-0.2, 0) is 13.1 Å². The molecule has 21 heavy (non-hydrogen) atoms. The highest BCUT2D eigenvalue weighted by Gasteiger charge is 2.20. The monoisotopic (exact) mass is 300 g/mol. The fourth-order valence-corrected chi connectivity index (χ4v) is 3.20. The van der Waals surface area contributed by atoms with Crippen molar-refractivity contribution in [3.05, 3.63) is 52.2 Å². The Labute approximate surface area is 131 Å². The largest absolute Gasteiger partial charge is 0.364 e. The fourth-order valence-electron chi connectivity index (χ4n) is 2.50. The van der Waals surface area contributed by atoms with Gasteiger partial charge < -0.3 is 10.2 Å². The molecule has 1 N–H and O–H groups in total. The van der Waals surface area contributed by atoms with Gasteiger partial charge in [0.15, 0.2) is 0 Å². The summed E-state index contributed by atoms with van der Waals surface area (Å²) < 4.78 is 0. The maximum atomic E-state index is 3.57. The molecule has 0 amide bonds. The topological polar surface area (TPSA) is 15.3 Å². The zero-order valence-electron chi connectivity index (χ0n) is 12.9. The SMILES string of the molecule is CC(C)N(Cc1cccs1)c1ccc(CNC2CC2)cc1. The number of benzene rings is 1. The van der Waals surface area contributed by atoms with E-state index in [0.29, 0.717) is 6.04 Å². The minimum Gasteiger partial charge on any atom is -0.364 e. The number of anilines is 1. The van der Waals surface area contributed by atoms with Crippen LogP contribution in [0, 0.1) is 0 Å². The molecule has 0 unspecified atom stereocenters. The molecule has 1 aliphatic rings. The second kappa shape index (κ2) is 6.63. The zero-order chi connectivity index (χ0) is 14.7. The molecule has 0 radical (unpaired) electrons. The van der Waals surface area contributed by atoms with Crippen molar-refractivity contribution in [3.63, 3.8) is 0 Å². The van der Waals surface area contributed by atoms with Crippen molar-refractivity contribution >= 4 is 17.0 Å². The molecule has 2 aromatic rings. The first-order valence-electron chi connectivity index (χ1n) is 7.84. The molecule has 3 heteroatoms. The second-order valence-electron chi connectivity index (χ2n) is 6.12. The second-order valence-corrected chi connectivity index (χ2v) is 7.15. The first-order valence-corrected chi connectivity index (χ1v) is 8.71. The van der Waals surface area contributed by atoms with Crippen LogP contribution in [0.5, 0.6) is 0 Å². The molecule has 0 saturated heterocycles. The van der Waals surface area contributed by atoms with Crippen LogP contribution in [-0.4, -0.2) is 12.1 Å².